The number of benzene rings is 1. The average molecular weight is 243 g/mol. The number of hydrogen-bond acceptors (Lipinski definition) is 3. The summed E-state index contributed by atoms with van der Waals surface area (Å²) >= 11 is 0. The third kappa shape index (κ3) is 3.32. The van der Waals surface area contributed by atoms with Gasteiger partial charge in [-0.1, -0.05) is 18.6 Å². The first-order chi connectivity index (χ1) is 8.83. The Balaban J connectivity index is 1.99. The van der Waals surface area contributed by atoms with E-state index in [1.807, 2.05) is 12.1 Å². The van der Waals surface area contributed by atoms with Crippen LogP contribution in [0.5, 0.6) is 0 Å². The second-order valence-electron chi connectivity index (χ2n) is 5.01. The van der Waals surface area contributed by atoms with Crippen molar-refractivity contribution in [1.29, 1.82) is 5.26 Å². The van der Waals surface area contributed by atoms with Crippen molar-refractivity contribution in [1.82, 2.24) is 4.90 Å². The molecule has 0 spiro atoms. The van der Waals surface area contributed by atoms with Gasteiger partial charge in [-0.15, -0.1) is 0 Å². The predicted octanol–water partition coefficient (Wildman–Crippen LogP) is 2.26. The fourth-order valence-corrected chi connectivity index (χ4v) is 2.71. The average Bonchev–Trinajstić information content (AvgIpc) is 2.42. The Morgan fingerprint density at radius 3 is 2.72 bits per heavy atom. The SMILES string of the molecule is N#Cc1ccc(CN2CCCCC2CCN)cc1. The number of hydrogen-bond donors (Lipinski definition) is 1. The Kier molecular flexibility index (Phi) is 4.74. The number of nitrogens with zero attached hydrogens (tertiary/aromatic N) is 2. The highest BCUT2D eigenvalue weighted by molar-refractivity contribution is 5.31. The van der Waals surface area contributed by atoms with E-state index in [1.54, 1.807) is 0 Å². The summed E-state index contributed by atoms with van der Waals surface area (Å²) in [5.74, 6) is 0. The lowest BCUT2D eigenvalue weighted by Crippen LogP contribution is -2.40. The van der Waals surface area contributed by atoms with E-state index in [0.717, 1.165) is 25.1 Å². The molecule has 1 aromatic carbocycles. The maximum absolute atomic E-state index is 8.79. The molecule has 2 rings (SSSR count). The standard InChI is InChI=1S/C15H21N3/c16-9-8-15-3-1-2-10-18(15)12-14-6-4-13(11-17)5-7-14/h4-7,15H,1-3,8-10,12,16H2. The molecule has 1 unspecified atom stereocenters. The first-order valence-electron chi connectivity index (χ1n) is 6.76. The van der Waals surface area contributed by atoms with Gasteiger partial charge >= 0.3 is 0 Å². The second kappa shape index (κ2) is 6.53. The molecule has 1 heterocycles. The van der Waals surface area contributed by atoms with Gasteiger partial charge in [0.05, 0.1) is 11.6 Å². The van der Waals surface area contributed by atoms with E-state index >= 15 is 0 Å². The lowest BCUT2D eigenvalue weighted by Gasteiger charge is -2.35. The molecular weight excluding hydrogens is 222 g/mol. The first-order valence-corrected chi connectivity index (χ1v) is 6.76. The lowest BCUT2D eigenvalue weighted by atomic mass is 9.98. The fraction of sp³-hybridized carbons (Fsp3) is 0.533. The number of nitriles is 1. The Morgan fingerprint density at radius 1 is 1.28 bits per heavy atom. The van der Waals surface area contributed by atoms with Gasteiger partial charge in [-0.3, -0.25) is 4.90 Å². The van der Waals surface area contributed by atoms with E-state index in [2.05, 4.69) is 23.1 Å². The molecule has 1 fully saturated rings. The van der Waals surface area contributed by atoms with Crippen molar-refractivity contribution >= 4 is 0 Å². The molecule has 1 atom stereocenters. The van der Waals surface area contributed by atoms with Gasteiger partial charge in [0.1, 0.15) is 0 Å². The second-order valence-corrected chi connectivity index (χ2v) is 5.01. The maximum Gasteiger partial charge on any atom is 0.0991 e. The smallest absolute Gasteiger partial charge is 0.0991 e. The zero-order valence-corrected chi connectivity index (χ0v) is 10.8. The highest BCUT2D eigenvalue weighted by Crippen LogP contribution is 2.21. The molecule has 0 aliphatic carbocycles. The Morgan fingerprint density at radius 2 is 2.06 bits per heavy atom. The van der Waals surface area contributed by atoms with Crippen molar-refractivity contribution in [3.63, 3.8) is 0 Å². The summed E-state index contributed by atoms with van der Waals surface area (Å²) < 4.78 is 0. The summed E-state index contributed by atoms with van der Waals surface area (Å²) in [4.78, 5) is 2.54. The summed E-state index contributed by atoms with van der Waals surface area (Å²) in [6.07, 6.45) is 4.98. The lowest BCUT2D eigenvalue weighted by molar-refractivity contribution is 0.134. The van der Waals surface area contributed by atoms with Gasteiger partial charge in [0.25, 0.3) is 0 Å². The summed E-state index contributed by atoms with van der Waals surface area (Å²) in [5, 5.41) is 8.79. The summed E-state index contributed by atoms with van der Waals surface area (Å²) in [7, 11) is 0. The third-order valence-corrected chi connectivity index (χ3v) is 3.72. The van der Waals surface area contributed by atoms with E-state index < -0.39 is 0 Å². The molecule has 0 amide bonds. The van der Waals surface area contributed by atoms with Crippen LogP contribution < -0.4 is 5.73 Å². The van der Waals surface area contributed by atoms with Crippen LogP contribution in [-0.2, 0) is 6.54 Å². The monoisotopic (exact) mass is 243 g/mol. The molecule has 1 aliphatic rings. The largest absolute Gasteiger partial charge is 0.330 e. The molecule has 1 aromatic rings. The van der Waals surface area contributed by atoms with Gasteiger partial charge in [-0.25, -0.2) is 0 Å². The quantitative estimate of drug-likeness (QED) is 0.882. The molecule has 0 saturated carbocycles. The van der Waals surface area contributed by atoms with E-state index in [0.29, 0.717) is 6.04 Å². The molecule has 0 bridgehead atoms. The number of likely N-dealkylation sites (tertiary alicyclic amines) is 1. The molecule has 2 N–H and O–H groups in total. The fourth-order valence-electron chi connectivity index (χ4n) is 2.71. The summed E-state index contributed by atoms with van der Waals surface area (Å²) in [6.45, 7) is 2.93. The number of nitrogens with two attached hydrogens (primary N) is 1. The Hall–Kier alpha value is -1.37. The number of piperidine rings is 1. The van der Waals surface area contributed by atoms with Gasteiger partial charge in [0.15, 0.2) is 0 Å². The van der Waals surface area contributed by atoms with E-state index in [-0.39, 0.29) is 0 Å². The minimum absolute atomic E-state index is 0.638. The zero-order valence-electron chi connectivity index (χ0n) is 10.8. The minimum Gasteiger partial charge on any atom is -0.330 e. The zero-order chi connectivity index (χ0) is 12.8. The normalized spacial score (nSPS) is 20.6. The topological polar surface area (TPSA) is 53.0 Å². The molecule has 18 heavy (non-hydrogen) atoms. The number of rotatable bonds is 4. The van der Waals surface area contributed by atoms with Crippen molar-refractivity contribution in [2.75, 3.05) is 13.1 Å². The third-order valence-electron chi connectivity index (χ3n) is 3.72. The molecule has 1 saturated heterocycles. The Labute approximate surface area is 109 Å². The van der Waals surface area contributed by atoms with Gasteiger partial charge in [0.2, 0.25) is 0 Å². The highest BCUT2D eigenvalue weighted by atomic mass is 15.2. The van der Waals surface area contributed by atoms with Gasteiger partial charge in [0, 0.05) is 12.6 Å². The van der Waals surface area contributed by atoms with Crippen LogP contribution in [-0.4, -0.2) is 24.0 Å². The summed E-state index contributed by atoms with van der Waals surface area (Å²) in [5.41, 5.74) is 7.71. The molecule has 0 radical (unpaired) electrons. The molecule has 0 aromatic heterocycles. The minimum atomic E-state index is 0.638. The van der Waals surface area contributed by atoms with Gasteiger partial charge in [-0.2, -0.15) is 5.26 Å². The predicted molar refractivity (Wildman–Crippen MR) is 72.9 cm³/mol. The van der Waals surface area contributed by atoms with Gasteiger partial charge < -0.3 is 5.73 Å². The first kappa shape index (κ1) is 13.1. The van der Waals surface area contributed by atoms with Crippen LogP contribution in [0.2, 0.25) is 0 Å². The van der Waals surface area contributed by atoms with Crippen LogP contribution in [0.3, 0.4) is 0 Å². The van der Waals surface area contributed by atoms with Crippen LogP contribution in [0.25, 0.3) is 0 Å². The van der Waals surface area contributed by atoms with Crippen LogP contribution in [0, 0.1) is 11.3 Å². The summed E-state index contributed by atoms with van der Waals surface area (Å²) in [6, 6.07) is 10.7. The van der Waals surface area contributed by atoms with Crippen molar-refractivity contribution < 1.29 is 0 Å². The van der Waals surface area contributed by atoms with E-state index in [9.17, 15) is 0 Å². The van der Waals surface area contributed by atoms with Crippen LogP contribution in [0.4, 0.5) is 0 Å². The molecule has 3 heteroatoms. The molecule has 3 nitrogen and oxygen atoms in total. The van der Waals surface area contributed by atoms with E-state index in [1.165, 1.54) is 31.4 Å². The van der Waals surface area contributed by atoms with E-state index in [4.69, 9.17) is 11.0 Å². The molecule has 1 aliphatic heterocycles. The maximum atomic E-state index is 8.79. The van der Waals surface area contributed by atoms with Gasteiger partial charge in [-0.05, 0) is 50.0 Å². The van der Waals surface area contributed by atoms with Crippen LogP contribution >= 0.6 is 0 Å². The van der Waals surface area contributed by atoms with Crippen molar-refractivity contribution in [3.05, 3.63) is 35.4 Å². The van der Waals surface area contributed by atoms with Crippen molar-refractivity contribution in [2.24, 2.45) is 5.73 Å². The Bertz CT molecular complexity index is 403. The van der Waals surface area contributed by atoms with Crippen molar-refractivity contribution in [2.45, 2.75) is 38.3 Å². The highest BCUT2D eigenvalue weighted by Gasteiger charge is 2.21. The van der Waals surface area contributed by atoms with Crippen molar-refractivity contribution in [3.8, 4) is 6.07 Å². The van der Waals surface area contributed by atoms with Crippen LogP contribution in [0.1, 0.15) is 36.8 Å². The molecule has 96 valence electrons. The molecular formula is C15H21N3. The van der Waals surface area contributed by atoms with Crippen LogP contribution in [0.15, 0.2) is 24.3 Å².